The van der Waals surface area contributed by atoms with Crippen LogP contribution in [0.2, 0.25) is 0 Å². The number of aryl methyl sites for hydroxylation is 1. The molecule has 1 saturated heterocycles. The summed E-state index contributed by atoms with van der Waals surface area (Å²) in [5, 5.41) is 6.15. The van der Waals surface area contributed by atoms with Gasteiger partial charge < -0.3 is 4.90 Å². The predicted octanol–water partition coefficient (Wildman–Crippen LogP) is 3.22. The van der Waals surface area contributed by atoms with Crippen LogP contribution in [0.3, 0.4) is 0 Å². The van der Waals surface area contributed by atoms with E-state index in [4.69, 9.17) is 0 Å². The summed E-state index contributed by atoms with van der Waals surface area (Å²) in [5.74, 6) is 1.15. The van der Waals surface area contributed by atoms with Gasteiger partial charge in [0.25, 0.3) is 5.56 Å². The van der Waals surface area contributed by atoms with E-state index in [1.54, 1.807) is 17.4 Å². The second-order valence-electron chi connectivity index (χ2n) is 5.93. The summed E-state index contributed by atoms with van der Waals surface area (Å²) in [6.07, 6.45) is 5.59. The maximum Gasteiger partial charge on any atom is 0.275 e. The first-order valence-corrected chi connectivity index (χ1v) is 10.3. The van der Waals surface area contributed by atoms with Crippen LogP contribution in [0.25, 0.3) is 4.96 Å². The Bertz CT molecular complexity index is 712. The van der Waals surface area contributed by atoms with E-state index < -0.39 is 0 Å². The van der Waals surface area contributed by atoms with Gasteiger partial charge in [-0.3, -0.25) is 4.79 Å². The number of thioether (sulfide) groups is 1. The van der Waals surface area contributed by atoms with Crippen molar-refractivity contribution >= 4 is 33.2 Å². The SMILES string of the molecule is CCCc1cc(=O)n2nc(N3CCCCC(SCC)C3)sc2n1. The summed E-state index contributed by atoms with van der Waals surface area (Å²) in [5.41, 5.74) is 0.818. The summed E-state index contributed by atoms with van der Waals surface area (Å²) in [6, 6.07) is 1.62. The van der Waals surface area contributed by atoms with Gasteiger partial charge in [-0.2, -0.15) is 16.3 Å². The molecule has 0 radical (unpaired) electrons. The fourth-order valence-corrected chi connectivity index (χ4v) is 5.06. The molecule has 0 N–H and O–H groups in total. The minimum atomic E-state index is -0.0599. The highest BCUT2D eigenvalue weighted by molar-refractivity contribution is 7.99. The molecule has 0 bridgehead atoms. The highest BCUT2D eigenvalue weighted by Gasteiger charge is 2.21. The van der Waals surface area contributed by atoms with E-state index in [2.05, 4.69) is 28.8 Å². The van der Waals surface area contributed by atoms with E-state index in [9.17, 15) is 4.79 Å². The molecule has 1 unspecified atom stereocenters. The van der Waals surface area contributed by atoms with Crippen LogP contribution in [0.15, 0.2) is 10.9 Å². The van der Waals surface area contributed by atoms with E-state index in [0.717, 1.165) is 47.5 Å². The van der Waals surface area contributed by atoms with Gasteiger partial charge in [0.1, 0.15) is 0 Å². The van der Waals surface area contributed by atoms with Crippen molar-refractivity contribution < 1.29 is 0 Å². The average Bonchev–Trinajstić information content (AvgIpc) is 2.81. The first-order valence-electron chi connectivity index (χ1n) is 8.47. The van der Waals surface area contributed by atoms with Crippen molar-refractivity contribution in [1.82, 2.24) is 14.6 Å². The van der Waals surface area contributed by atoms with E-state index in [1.165, 1.54) is 23.8 Å². The van der Waals surface area contributed by atoms with Gasteiger partial charge in [0.2, 0.25) is 10.1 Å². The summed E-state index contributed by atoms with van der Waals surface area (Å²) in [7, 11) is 0. The predicted molar refractivity (Wildman–Crippen MR) is 99.1 cm³/mol. The van der Waals surface area contributed by atoms with Crippen molar-refractivity contribution in [2.45, 2.75) is 51.2 Å². The fraction of sp³-hybridized carbons (Fsp3) is 0.688. The van der Waals surface area contributed by atoms with Gasteiger partial charge in [-0.15, -0.1) is 5.10 Å². The lowest BCUT2D eigenvalue weighted by atomic mass is 10.2. The molecule has 5 nitrogen and oxygen atoms in total. The molecule has 0 aromatic carbocycles. The molecule has 3 heterocycles. The molecule has 23 heavy (non-hydrogen) atoms. The van der Waals surface area contributed by atoms with Gasteiger partial charge in [-0.25, -0.2) is 4.98 Å². The Hall–Kier alpha value is -1.08. The lowest BCUT2D eigenvalue weighted by Crippen LogP contribution is -2.30. The van der Waals surface area contributed by atoms with Gasteiger partial charge >= 0.3 is 0 Å². The number of anilines is 1. The van der Waals surface area contributed by atoms with E-state index in [1.807, 2.05) is 11.8 Å². The maximum atomic E-state index is 12.2. The van der Waals surface area contributed by atoms with Gasteiger partial charge in [-0.05, 0) is 25.0 Å². The minimum absolute atomic E-state index is 0.0599. The molecule has 1 aliphatic rings. The molecule has 7 heteroatoms. The molecular formula is C16H24N4OS2. The lowest BCUT2D eigenvalue weighted by Gasteiger charge is -2.22. The molecule has 1 fully saturated rings. The monoisotopic (exact) mass is 352 g/mol. The Morgan fingerprint density at radius 2 is 2.26 bits per heavy atom. The lowest BCUT2D eigenvalue weighted by molar-refractivity contribution is 0.735. The van der Waals surface area contributed by atoms with E-state index >= 15 is 0 Å². The zero-order chi connectivity index (χ0) is 16.2. The van der Waals surface area contributed by atoms with Gasteiger partial charge in [-0.1, -0.05) is 38.0 Å². The first kappa shape index (κ1) is 16.8. The van der Waals surface area contributed by atoms with Crippen molar-refractivity contribution in [3.05, 3.63) is 22.1 Å². The molecule has 0 saturated carbocycles. The largest absolute Gasteiger partial charge is 0.346 e. The van der Waals surface area contributed by atoms with Crippen molar-refractivity contribution in [2.75, 3.05) is 23.7 Å². The smallest absolute Gasteiger partial charge is 0.275 e. The Kier molecular flexibility index (Phi) is 5.58. The van der Waals surface area contributed by atoms with E-state index in [-0.39, 0.29) is 5.56 Å². The normalized spacial score (nSPS) is 19.2. The van der Waals surface area contributed by atoms with Crippen molar-refractivity contribution in [1.29, 1.82) is 0 Å². The average molecular weight is 353 g/mol. The Balaban J connectivity index is 1.89. The van der Waals surface area contributed by atoms with Gasteiger partial charge in [0, 0.05) is 30.1 Å². The first-order chi connectivity index (χ1) is 11.2. The number of fused-ring (bicyclic) bond motifs is 1. The number of hydrogen-bond donors (Lipinski definition) is 0. The highest BCUT2D eigenvalue weighted by atomic mass is 32.2. The number of aromatic nitrogens is 3. The number of nitrogens with zero attached hydrogens (tertiary/aromatic N) is 4. The molecular weight excluding hydrogens is 328 g/mol. The quantitative estimate of drug-likeness (QED) is 0.827. The fourth-order valence-electron chi connectivity index (χ4n) is 3.01. The van der Waals surface area contributed by atoms with Crippen molar-refractivity contribution in [2.24, 2.45) is 0 Å². The van der Waals surface area contributed by atoms with Gasteiger partial charge in [0.15, 0.2) is 0 Å². The summed E-state index contributed by atoms with van der Waals surface area (Å²) in [6.45, 7) is 6.37. The summed E-state index contributed by atoms with van der Waals surface area (Å²) in [4.78, 5) is 19.9. The molecule has 126 valence electrons. The van der Waals surface area contributed by atoms with Crippen molar-refractivity contribution in [3.8, 4) is 0 Å². The zero-order valence-electron chi connectivity index (χ0n) is 13.8. The molecule has 0 spiro atoms. The second kappa shape index (κ2) is 7.66. The third-order valence-electron chi connectivity index (χ3n) is 4.09. The third kappa shape index (κ3) is 3.88. The molecule has 0 amide bonds. The van der Waals surface area contributed by atoms with Crippen LogP contribution in [0.1, 0.15) is 45.2 Å². The topological polar surface area (TPSA) is 50.5 Å². The van der Waals surface area contributed by atoms with Crippen LogP contribution < -0.4 is 10.5 Å². The zero-order valence-corrected chi connectivity index (χ0v) is 15.5. The Morgan fingerprint density at radius 1 is 1.39 bits per heavy atom. The Morgan fingerprint density at radius 3 is 3.04 bits per heavy atom. The van der Waals surface area contributed by atoms with Crippen LogP contribution in [-0.4, -0.2) is 38.7 Å². The van der Waals surface area contributed by atoms with E-state index in [0.29, 0.717) is 5.25 Å². The standard InChI is InChI=1S/C16H24N4OS2/c1-3-7-12-10-14(21)20-15(17-12)23-16(18-20)19-9-6-5-8-13(11-19)22-4-2/h10,13H,3-9,11H2,1-2H3. The van der Waals surface area contributed by atoms with Crippen LogP contribution in [0, 0.1) is 0 Å². The second-order valence-corrected chi connectivity index (χ2v) is 8.45. The molecule has 0 aliphatic carbocycles. The van der Waals surface area contributed by atoms with Gasteiger partial charge in [0.05, 0.1) is 0 Å². The molecule has 1 atom stereocenters. The van der Waals surface area contributed by atoms with Crippen molar-refractivity contribution in [3.63, 3.8) is 0 Å². The minimum Gasteiger partial charge on any atom is -0.346 e. The Labute approximate surface area is 145 Å². The number of hydrogen-bond acceptors (Lipinski definition) is 6. The summed E-state index contributed by atoms with van der Waals surface area (Å²) < 4.78 is 1.46. The summed E-state index contributed by atoms with van der Waals surface area (Å²) >= 11 is 3.58. The highest BCUT2D eigenvalue weighted by Crippen LogP contribution is 2.28. The van der Waals surface area contributed by atoms with Crippen LogP contribution >= 0.6 is 23.1 Å². The maximum absolute atomic E-state index is 12.2. The number of rotatable bonds is 5. The molecule has 1 aliphatic heterocycles. The molecule has 2 aromatic heterocycles. The third-order valence-corrected chi connectivity index (χ3v) is 6.25. The molecule has 2 aromatic rings. The van der Waals surface area contributed by atoms with Crippen LogP contribution in [0.4, 0.5) is 5.13 Å². The molecule has 3 rings (SSSR count). The van der Waals surface area contributed by atoms with Crippen LogP contribution in [0.5, 0.6) is 0 Å². The van der Waals surface area contributed by atoms with Crippen LogP contribution in [-0.2, 0) is 6.42 Å².